The van der Waals surface area contributed by atoms with E-state index < -0.39 is 16.0 Å². The molecule has 0 unspecified atom stereocenters. The Bertz CT molecular complexity index is 661. The number of hydrogen-bond acceptors (Lipinski definition) is 6. The van der Waals surface area contributed by atoms with Crippen molar-refractivity contribution in [3.63, 3.8) is 0 Å². The minimum absolute atomic E-state index is 0.127. The van der Waals surface area contributed by atoms with Crippen LogP contribution in [0.4, 0.5) is 0 Å². The Kier molecular flexibility index (Phi) is 6.95. The van der Waals surface area contributed by atoms with Crippen LogP contribution in [0.3, 0.4) is 0 Å². The molecule has 0 spiro atoms. The lowest BCUT2D eigenvalue weighted by Crippen LogP contribution is -2.47. The van der Waals surface area contributed by atoms with E-state index in [4.69, 9.17) is 9.47 Å². The molecule has 1 aromatic rings. The smallest absolute Gasteiger partial charge is 0.338 e. The molecular formula is C17H26N2O5S. The Morgan fingerprint density at radius 1 is 1.24 bits per heavy atom. The number of rotatable bonds is 8. The van der Waals surface area contributed by atoms with Gasteiger partial charge in [0.1, 0.15) is 0 Å². The van der Waals surface area contributed by atoms with E-state index in [1.807, 2.05) is 0 Å². The zero-order valence-electron chi connectivity index (χ0n) is 14.7. The molecule has 1 heterocycles. The van der Waals surface area contributed by atoms with Crippen LogP contribution in [0, 0.1) is 5.41 Å². The maximum absolute atomic E-state index is 12.5. The van der Waals surface area contributed by atoms with Gasteiger partial charge in [-0.2, -0.15) is 0 Å². The summed E-state index contributed by atoms with van der Waals surface area (Å²) >= 11 is 0. The number of hydrogen-bond donors (Lipinski definition) is 2. The first-order valence-electron chi connectivity index (χ1n) is 8.39. The van der Waals surface area contributed by atoms with Crippen LogP contribution in [0.1, 0.15) is 30.1 Å². The first-order chi connectivity index (χ1) is 11.9. The second kappa shape index (κ2) is 8.75. The summed E-state index contributed by atoms with van der Waals surface area (Å²) in [5.74, 6) is -0.465. The Morgan fingerprint density at radius 2 is 1.88 bits per heavy atom. The Balaban J connectivity index is 2.06. The molecule has 0 aromatic heterocycles. The number of sulfonamides is 1. The maximum Gasteiger partial charge on any atom is 0.338 e. The first-order valence-corrected chi connectivity index (χ1v) is 9.87. The summed E-state index contributed by atoms with van der Waals surface area (Å²) in [7, 11) is -2.02. The second-order valence-corrected chi connectivity index (χ2v) is 8.02. The topological polar surface area (TPSA) is 93.7 Å². The summed E-state index contributed by atoms with van der Waals surface area (Å²) in [6, 6.07) is 5.75. The van der Waals surface area contributed by atoms with Gasteiger partial charge in [-0.05, 0) is 57.1 Å². The molecule has 1 fully saturated rings. The van der Waals surface area contributed by atoms with Crippen LogP contribution in [0.5, 0.6) is 0 Å². The minimum atomic E-state index is -3.65. The van der Waals surface area contributed by atoms with Crippen molar-refractivity contribution >= 4 is 16.0 Å². The molecule has 0 saturated carbocycles. The molecule has 0 radical (unpaired) electrons. The molecule has 0 atom stereocenters. The third kappa shape index (κ3) is 5.24. The minimum Gasteiger partial charge on any atom is -0.462 e. The highest BCUT2D eigenvalue weighted by atomic mass is 32.2. The van der Waals surface area contributed by atoms with Gasteiger partial charge in [-0.3, -0.25) is 0 Å². The van der Waals surface area contributed by atoms with Crippen molar-refractivity contribution in [3.8, 4) is 0 Å². The molecule has 2 N–H and O–H groups in total. The third-order valence-corrected chi connectivity index (χ3v) is 5.84. The number of piperidine rings is 1. The predicted molar refractivity (Wildman–Crippen MR) is 94.0 cm³/mol. The number of methoxy groups -OCH3 is 1. The van der Waals surface area contributed by atoms with Crippen molar-refractivity contribution in [1.29, 1.82) is 0 Å². The summed E-state index contributed by atoms with van der Waals surface area (Å²) in [5.41, 5.74) is 0.132. The number of benzene rings is 1. The summed E-state index contributed by atoms with van der Waals surface area (Å²) in [6.07, 6.45) is 1.70. The van der Waals surface area contributed by atoms with Crippen molar-refractivity contribution in [3.05, 3.63) is 29.8 Å². The number of nitrogens with one attached hydrogen (secondary N) is 2. The van der Waals surface area contributed by atoms with Crippen LogP contribution in [0.2, 0.25) is 0 Å². The van der Waals surface area contributed by atoms with Crippen molar-refractivity contribution in [2.24, 2.45) is 5.41 Å². The fourth-order valence-corrected chi connectivity index (χ4v) is 4.11. The molecular weight excluding hydrogens is 344 g/mol. The lowest BCUT2D eigenvalue weighted by molar-refractivity contribution is 0.0526. The third-order valence-electron chi connectivity index (χ3n) is 4.43. The van der Waals surface area contributed by atoms with E-state index >= 15 is 0 Å². The number of esters is 1. The fourth-order valence-electron chi connectivity index (χ4n) is 2.95. The largest absolute Gasteiger partial charge is 0.462 e. The standard InChI is InChI=1S/C17H26N2O5S/c1-3-24-16(20)14-4-6-15(7-5-14)25(21,22)19-12-17(13-23-2)8-10-18-11-9-17/h4-7,18-19H,3,8-13H2,1-2H3. The quantitative estimate of drug-likeness (QED) is 0.667. The molecule has 0 amide bonds. The summed E-state index contributed by atoms with van der Waals surface area (Å²) < 4.78 is 38.0. The van der Waals surface area contributed by atoms with Gasteiger partial charge >= 0.3 is 5.97 Å². The molecule has 140 valence electrons. The van der Waals surface area contributed by atoms with Gasteiger partial charge < -0.3 is 14.8 Å². The lowest BCUT2D eigenvalue weighted by atomic mass is 9.80. The van der Waals surface area contributed by atoms with Crippen molar-refractivity contribution < 1.29 is 22.7 Å². The molecule has 1 aliphatic heterocycles. The average molecular weight is 370 g/mol. The van der Waals surface area contributed by atoms with Crippen LogP contribution in [0.25, 0.3) is 0 Å². The summed E-state index contributed by atoms with van der Waals surface area (Å²) in [4.78, 5) is 11.8. The molecule has 1 aromatic carbocycles. The molecule has 0 aliphatic carbocycles. The molecule has 8 heteroatoms. The van der Waals surface area contributed by atoms with Gasteiger partial charge in [0.25, 0.3) is 0 Å². The van der Waals surface area contributed by atoms with Crippen LogP contribution in [0.15, 0.2) is 29.2 Å². The fraction of sp³-hybridized carbons (Fsp3) is 0.588. The van der Waals surface area contributed by atoms with Crippen LogP contribution in [-0.2, 0) is 19.5 Å². The van der Waals surface area contributed by atoms with Gasteiger partial charge in [0.15, 0.2) is 0 Å². The van der Waals surface area contributed by atoms with E-state index in [0.29, 0.717) is 18.7 Å². The average Bonchev–Trinajstić information content (AvgIpc) is 2.62. The lowest BCUT2D eigenvalue weighted by Gasteiger charge is -2.37. The zero-order valence-corrected chi connectivity index (χ0v) is 15.5. The first kappa shape index (κ1) is 19.8. The number of carbonyl (C=O) groups excluding carboxylic acids is 1. The molecule has 0 bridgehead atoms. The predicted octanol–water partition coefficient (Wildman–Crippen LogP) is 1.16. The van der Waals surface area contributed by atoms with E-state index in [1.165, 1.54) is 24.3 Å². The second-order valence-electron chi connectivity index (χ2n) is 6.25. The van der Waals surface area contributed by atoms with E-state index in [2.05, 4.69) is 10.0 Å². The van der Waals surface area contributed by atoms with Gasteiger partial charge in [-0.1, -0.05) is 0 Å². The van der Waals surface area contributed by atoms with E-state index in [-0.39, 0.29) is 16.9 Å². The number of carbonyl (C=O) groups is 1. The van der Waals surface area contributed by atoms with Gasteiger partial charge in [0.2, 0.25) is 10.0 Å². The summed E-state index contributed by atoms with van der Waals surface area (Å²) in [5, 5.41) is 3.28. The van der Waals surface area contributed by atoms with Crippen LogP contribution >= 0.6 is 0 Å². The highest BCUT2D eigenvalue weighted by Crippen LogP contribution is 2.28. The van der Waals surface area contributed by atoms with Crippen molar-refractivity contribution in [2.45, 2.75) is 24.7 Å². The normalized spacial score (nSPS) is 17.2. The maximum atomic E-state index is 12.5. The van der Waals surface area contributed by atoms with E-state index in [0.717, 1.165) is 25.9 Å². The van der Waals surface area contributed by atoms with Crippen LogP contribution < -0.4 is 10.0 Å². The molecule has 25 heavy (non-hydrogen) atoms. The SMILES string of the molecule is CCOC(=O)c1ccc(S(=O)(=O)NCC2(COC)CCNCC2)cc1. The van der Waals surface area contributed by atoms with Gasteiger partial charge in [-0.15, -0.1) is 0 Å². The van der Waals surface area contributed by atoms with Crippen LogP contribution in [-0.4, -0.2) is 54.3 Å². The Hall–Kier alpha value is -1.48. The van der Waals surface area contributed by atoms with E-state index in [9.17, 15) is 13.2 Å². The van der Waals surface area contributed by atoms with Crippen molar-refractivity contribution in [1.82, 2.24) is 10.0 Å². The zero-order chi connectivity index (χ0) is 18.3. The van der Waals surface area contributed by atoms with Gasteiger partial charge in [0, 0.05) is 19.1 Å². The number of ether oxygens (including phenoxy) is 2. The van der Waals surface area contributed by atoms with Crippen molar-refractivity contribution in [2.75, 3.05) is 40.0 Å². The molecule has 1 saturated heterocycles. The summed E-state index contributed by atoms with van der Waals surface area (Å²) in [6.45, 7) is 4.52. The highest BCUT2D eigenvalue weighted by Gasteiger charge is 2.33. The Morgan fingerprint density at radius 3 is 2.44 bits per heavy atom. The van der Waals surface area contributed by atoms with Gasteiger partial charge in [-0.25, -0.2) is 17.9 Å². The van der Waals surface area contributed by atoms with E-state index in [1.54, 1.807) is 14.0 Å². The monoisotopic (exact) mass is 370 g/mol. The highest BCUT2D eigenvalue weighted by molar-refractivity contribution is 7.89. The molecule has 1 aliphatic rings. The molecule has 7 nitrogen and oxygen atoms in total. The van der Waals surface area contributed by atoms with Gasteiger partial charge in [0.05, 0.1) is 23.7 Å². The molecule has 2 rings (SSSR count). The Labute approximate surface area is 149 Å².